The van der Waals surface area contributed by atoms with Crippen LogP contribution in [0.4, 0.5) is 5.69 Å². The fourth-order valence-electron chi connectivity index (χ4n) is 3.00. The van der Waals surface area contributed by atoms with E-state index in [1.807, 2.05) is 13.0 Å². The van der Waals surface area contributed by atoms with Gasteiger partial charge in [-0.2, -0.15) is 5.10 Å². The number of hydrogen-bond donors (Lipinski definition) is 1. The van der Waals surface area contributed by atoms with Crippen LogP contribution >= 0.6 is 15.9 Å². The molecular formula is C16H21BrN4. The maximum Gasteiger partial charge on any atom is 0.0739 e. The molecule has 1 aromatic heterocycles. The van der Waals surface area contributed by atoms with Crippen LogP contribution in [-0.2, 0) is 26.1 Å². The molecule has 2 aromatic rings. The van der Waals surface area contributed by atoms with Crippen LogP contribution in [0.3, 0.4) is 0 Å². The monoisotopic (exact) mass is 348 g/mol. The van der Waals surface area contributed by atoms with Crippen molar-refractivity contribution in [3.8, 4) is 0 Å². The van der Waals surface area contributed by atoms with Crippen molar-refractivity contribution in [3.63, 3.8) is 0 Å². The van der Waals surface area contributed by atoms with Crippen LogP contribution < -0.4 is 5.73 Å². The van der Waals surface area contributed by atoms with E-state index in [1.54, 1.807) is 0 Å². The SMILES string of the molecule is CCn1nc(C)c(Br)c1CN1CCc2ccc(N)cc2C1. The minimum Gasteiger partial charge on any atom is -0.399 e. The highest BCUT2D eigenvalue weighted by atomic mass is 79.9. The second kappa shape index (κ2) is 5.81. The van der Waals surface area contributed by atoms with Crippen molar-refractivity contribution in [2.24, 2.45) is 0 Å². The Hall–Kier alpha value is -1.33. The van der Waals surface area contributed by atoms with E-state index in [0.29, 0.717) is 0 Å². The smallest absolute Gasteiger partial charge is 0.0739 e. The Labute approximate surface area is 134 Å². The molecule has 0 aliphatic carbocycles. The molecule has 0 atom stereocenters. The zero-order valence-electron chi connectivity index (χ0n) is 12.6. The van der Waals surface area contributed by atoms with Gasteiger partial charge in [0.2, 0.25) is 0 Å². The molecule has 21 heavy (non-hydrogen) atoms. The summed E-state index contributed by atoms with van der Waals surface area (Å²) in [6.45, 7) is 8.04. The van der Waals surface area contributed by atoms with Gasteiger partial charge in [0.15, 0.2) is 0 Å². The molecule has 5 heteroatoms. The van der Waals surface area contributed by atoms with Crippen LogP contribution in [0.1, 0.15) is 29.4 Å². The molecule has 112 valence electrons. The van der Waals surface area contributed by atoms with Crippen molar-refractivity contribution in [2.75, 3.05) is 12.3 Å². The van der Waals surface area contributed by atoms with Crippen molar-refractivity contribution in [1.29, 1.82) is 0 Å². The Morgan fingerprint density at radius 1 is 1.33 bits per heavy atom. The van der Waals surface area contributed by atoms with Crippen LogP contribution in [-0.4, -0.2) is 21.2 Å². The molecule has 1 aliphatic heterocycles. The lowest BCUT2D eigenvalue weighted by molar-refractivity contribution is 0.237. The third-order valence-electron chi connectivity index (χ3n) is 4.15. The molecule has 1 aromatic carbocycles. The Kier molecular flexibility index (Phi) is 4.04. The van der Waals surface area contributed by atoms with Gasteiger partial charge < -0.3 is 5.73 Å². The van der Waals surface area contributed by atoms with Crippen molar-refractivity contribution in [2.45, 2.75) is 39.9 Å². The van der Waals surface area contributed by atoms with E-state index in [4.69, 9.17) is 5.73 Å². The summed E-state index contributed by atoms with van der Waals surface area (Å²) in [4.78, 5) is 2.47. The third kappa shape index (κ3) is 2.85. The number of aryl methyl sites for hydroxylation is 2. The Balaban J connectivity index is 1.81. The summed E-state index contributed by atoms with van der Waals surface area (Å²) >= 11 is 3.68. The van der Waals surface area contributed by atoms with E-state index in [-0.39, 0.29) is 0 Å². The molecule has 0 saturated carbocycles. The predicted molar refractivity (Wildman–Crippen MR) is 89.0 cm³/mol. The molecule has 2 N–H and O–H groups in total. The lowest BCUT2D eigenvalue weighted by Gasteiger charge is -2.29. The van der Waals surface area contributed by atoms with Crippen LogP contribution in [0, 0.1) is 6.92 Å². The van der Waals surface area contributed by atoms with Crippen LogP contribution in [0.25, 0.3) is 0 Å². The number of nitrogens with zero attached hydrogens (tertiary/aromatic N) is 3. The highest BCUT2D eigenvalue weighted by Gasteiger charge is 2.20. The summed E-state index contributed by atoms with van der Waals surface area (Å²) in [6, 6.07) is 6.28. The fourth-order valence-corrected chi connectivity index (χ4v) is 3.41. The number of nitrogen functional groups attached to an aromatic ring is 1. The van der Waals surface area contributed by atoms with Gasteiger partial charge in [0, 0.05) is 31.9 Å². The number of benzene rings is 1. The van der Waals surface area contributed by atoms with E-state index in [2.05, 4.69) is 49.7 Å². The van der Waals surface area contributed by atoms with E-state index in [1.165, 1.54) is 16.8 Å². The fraction of sp³-hybridized carbons (Fsp3) is 0.438. The number of halogens is 1. The van der Waals surface area contributed by atoms with Gasteiger partial charge in [-0.25, -0.2) is 0 Å². The second-order valence-corrected chi connectivity index (χ2v) is 6.44. The summed E-state index contributed by atoms with van der Waals surface area (Å²) in [5.41, 5.74) is 11.9. The molecule has 0 radical (unpaired) electrons. The standard InChI is InChI=1S/C16H21BrN4/c1-3-21-15(16(17)11(2)19-21)10-20-7-6-12-4-5-14(18)8-13(12)9-20/h4-5,8H,3,6-7,9-10,18H2,1-2H3. The molecule has 0 saturated heterocycles. The molecule has 0 unspecified atom stereocenters. The van der Waals surface area contributed by atoms with Gasteiger partial charge in [-0.15, -0.1) is 0 Å². The van der Waals surface area contributed by atoms with Crippen molar-refractivity contribution < 1.29 is 0 Å². The first-order chi connectivity index (χ1) is 10.1. The molecule has 2 heterocycles. The molecule has 0 spiro atoms. The van der Waals surface area contributed by atoms with Crippen molar-refractivity contribution in [1.82, 2.24) is 14.7 Å². The Bertz CT molecular complexity index is 663. The maximum absolute atomic E-state index is 5.91. The van der Waals surface area contributed by atoms with E-state index >= 15 is 0 Å². The van der Waals surface area contributed by atoms with Crippen molar-refractivity contribution >= 4 is 21.6 Å². The summed E-state index contributed by atoms with van der Waals surface area (Å²) < 4.78 is 3.23. The number of aromatic nitrogens is 2. The largest absolute Gasteiger partial charge is 0.399 e. The van der Waals surface area contributed by atoms with Crippen LogP contribution in [0.15, 0.2) is 22.7 Å². The molecule has 3 rings (SSSR count). The summed E-state index contributed by atoms with van der Waals surface area (Å²) in [6.07, 6.45) is 1.09. The summed E-state index contributed by atoms with van der Waals surface area (Å²) in [5, 5.41) is 4.58. The first-order valence-corrected chi connectivity index (χ1v) is 8.19. The van der Waals surface area contributed by atoms with Gasteiger partial charge in [-0.3, -0.25) is 9.58 Å². The predicted octanol–water partition coefficient (Wildman–Crippen LogP) is 3.11. The first kappa shape index (κ1) is 14.6. The minimum absolute atomic E-state index is 0.853. The quantitative estimate of drug-likeness (QED) is 0.867. The molecule has 0 bridgehead atoms. The molecule has 0 fully saturated rings. The number of rotatable bonds is 3. The van der Waals surface area contributed by atoms with Crippen molar-refractivity contribution in [3.05, 3.63) is 45.2 Å². The first-order valence-electron chi connectivity index (χ1n) is 7.40. The number of nitrogens with two attached hydrogens (primary N) is 1. The molecular weight excluding hydrogens is 328 g/mol. The van der Waals surface area contributed by atoms with E-state index < -0.39 is 0 Å². The molecule has 1 aliphatic rings. The van der Waals surface area contributed by atoms with Gasteiger partial charge in [0.25, 0.3) is 0 Å². The third-order valence-corrected chi connectivity index (χ3v) is 5.18. The zero-order chi connectivity index (χ0) is 15.0. The lowest BCUT2D eigenvalue weighted by atomic mass is 9.99. The molecule has 0 amide bonds. The second-order valence-electron chi connectivity index (χ2n) is 5.65. The maximum atomic E-state index is 5.91. The zero-order valence-corrected chi connectivity index (χ0v) is 14.2. The highest BCUT2D eigenvalue weighted by molar-refractivity contribution is 9.10. The van der Waals surface area contributed by atoms with Gasteiger partial charge in [-0.1, -0.05) is 6.07 Å². The van der Waals surface area contributed by atoms with Gasteiger partial charge in [0.1, 0.15) is 0 Å². The highest BCUT2D eigenvalue weighted by Crippen LogP contribution is 2.26. The van der Waals surface area contributed by atoms with Gasteiger partial charge in [-0.05, 0) is 59.5 Å². The average molecular weight is 349 g/mol. The van der Waals surface area contributed by atoms with Crippen LogP contribution in [0.2, 0.25) is 0 Å². The number of hydrogen-bond acceptors (Lipinski definition) is 3. The normalized spacial score (nSPS) is 15.2. The van der Waals surface area contributed by atoms with E-state index in [0.717, 1.165) is 48.5 Å². The summed E-state index contributed by atoms with van der Waals surface area (Å²) in [5.74, 6) is 0. The Morgan fingerprint density at radius 3 is 2.90 bits per heavy atom. The van der Waals surface area contributed by atoms with Crippen LogP contribution in [0.5, 0.6) is 0 Å². The Morgan fingerprint density at radius 2 is 2.14 bits per heavy atom. The summed E-state index contributed by atoms with van der Waals surface area (Å²) in [7, 11) is 0. The lowest BCUT2D eigenvalue weighted by Crippen LogP contribution is -2.31. The van der Waals surface area contributed by atoms with Gasteiger partial charge >= 0.3 is 0 Å². The number of fused-ring (bicyclic) bond motifs is 1. The van der Waals surface area contributed by atoms with E-state index in [9.17, 15) is 0 Å². The molecule has 4 nitrogen and oxygen atoms in total. The number of anilines is 1. The average Bonchev–Trinajstić information content (AvgIpc) is 2.74. The topological polar surface area (TPSA) is 47.1 Å². The van der Waals surface area contributed by atoms with Gasteiger partial charge in [0.05, 0.1) is 15.9 Å². The minimum atomic E-state index is 0.853.